The fraction of sp³-hybridized carbons (Fsp3) is 0.750. The van der Waals surface area contributed by atoms with Crippen molar-refractivity contribution in [2.45, 2.75) is 13.8 Å². The van der Waals surface area contributed by atoms with E-state index in [0.717, 1.165) is 19.6 Å². The maximum absolute atomic E-state index is 8.60. The smallest absolute Gasteiger partial charge is 0.0558 e. The lowest BCUT2D eigenvalue weighted by molar-refractivity contribution is 0.214. The first-order valence-corrected chi connectivity index (χ1v) is 3.79. The Morgan fingerprint density at radius 1 is 1.50 bits per heavy atom. The van der Waals surface area contributed by atoms with Crippen molar-refractivity contribution < 1.29 is 5.11 Å². The molecular weight excluding hydrogens is 126 g/mol. The van der Waals surface area contributed by atoms with Gasteiger partial charge in [-0.2, -0.15) is 0 Å². The molecule has 0 saturated carbocycles. The van der Waals surface area contributed by atoms with Gasteiger partial charge in [-0.05, 0) is 13.5 Å². The van der Waals surface area contributed by atoms with Crippen molar-refractivity contribution >= 4 is 0 Å². The van der Waals surface area contributed by atoms with E-state index in [1.165, 1.54) is 0 Å². The van der Waals surface area contributed by atoms with Gasteiger partial charge in [0.05, 0.1) is 6.61 Å². The zero-order chi connectivity index (χ0) is 7.82. The predicted octanol–water partition coefficient (Wildman–Crippen LogP) is 0.877. The average Bonchev–Trinajstić information content (AvgIpc) is 1.98. The van der Waals surface area contributed by atoms with Gasteiger partial charge in [-0.3, -0.25) is 4.90 Å². The van der Waals surface area contributed by atoms with E-state index in [9.17, 15) is 0 Å². The third kappa shape index (κ3) is 4.53. The summed E-state index contributed by atoms with van der Waals surface area (Å²) in [6, 6.07) is 0. The molecule has 10 heavy (non-hydrogen) atoms. The zero-order valence-electron chi connectivity index (χ0n) is 6.88. The number of allylic oxidation sites excluding steroid dienone is 1. The molecule has 60 valence electrons. The van der Waals surface area contributed by atoms with Gasteiger partial charge < -0.3 is 5.11 Å². The molecule has 0 bridgehead atoms. The van der Waals surface area contributed by atoms with Crippen LogP contribution in [-0.2, 0) is 0 Å². The Bertz CT molecular complexity index is 91.3. The van der Waals surface area contributed by atoms with E-state index in [-0.39, 0.29) is 6.61 Å². The summed E-state index contributed by atoms with van der Waals surface area (Å²) in [6.45, 7) is 7.09. The van der Waals surface area contributed by atoms with E-state index in [2.05, 4.69) is 17.9 Å². The standard InChI is InChI=1S/C8H17NO/c1-3-5-6-9(4-2)7-8-10/h3,5,10H,4,6-8H2,1-2H3. The lowest BCUT2D eigenvalue weighted by atomic mass is 10.4. The monoisotopic (exact) mass is 143 g/mol. The maximum atomic E-state index is 8.60. The van der Waals surface area contributed by atoms with Gasteiger partial charge in [-0.1, -0.05) is 19.1 Å². The number of rotatable bonds is 5. The molecule has 0 aromatic carbocycles. The molecule has 0 rings (SSSR count). The van der Waals surface area contributed by atoms with E-state index in [4.69, 9.17) is 5.11 Å². The first kappa shape index (κ1) is 9.66. The molecule has 0 amide bonds. The van der Waals surface area contributed by atoms with E-state index >= 15 is 0 Å². The number of hydrogen-bond donors (Lipinski definition) is 1. The number of aliphatic hydroxyl groups excluding tert-OH is 1. The molecule has 0 spiro atoms. The lowest BCUT2D eigenvalue weighted by Gasteiger charge is -2.15. The van der Waals surface area contributed by atoms with Gasteiger partial charge in [0.15, 0.2) is 0 Å². The van der Waals surface area contributed by atoms with Crippen LogP contribution in [-0.4, -0.2) is 36.2 Å². The van der Waals surface area contributed by atoms with Crippen molar-refractivity contribution in [1.82, 2.24) is 4.90 Å². The molecule has 0 aromatic rings. The quantitative estimate of drug-likeness (QED) is 0.577. The second-order valence-electron chi connectivity index (χ2n) is 2.19. The Hall–Kier alpha value is -0.340. The van der Waals surface area contributed by atoms with E-state index in [1.807, 2.05) is 13.0 Å². The SMILES string of the molecule is CC=CCN(CC)CCO. The Kier molecular flexibility index (Phi) is 6.55. The third-order valence-corrected chi connectivity index (χ3v) is 1.46. The largest absolute Gasteiger partial charge is 0.395 e. The normalized spacial score (nSPS) is 11.6. The molecule has 0 heterocycles. The fourth-order valence-corrected chi connectivity index (χ4v) is 0.774. The minimum atomic E-state index is 0.255. The van der Waals surface area contributed by atoms with Crippen LogP contribution in [0.4, 0.5) is 0 Å². The van der Waals surface area contributed by atoms with Crippen LogP contribution in [0.3, 0.4) is 0 Å². The highest BCUT2D eigenvalue weighted by Crippen LogP contribution is 1.86. The number of nitrogens with zero attached hydrogens (tertiary/aromatic N) is 1. The van der Waals surface area contributed by atoms with Crippen molar-refractivity contribution in [1.29, 1.82) is 0 Å². The Labute approximate surface area is 63.2 Å². The summed E-state index contributed by atoms with van der Waals surface area (Å²) in [5, 5.41) is 8.60. The number of aliphatic hydroxyl groups is 1. The van der Waals surface area contributed by atoms with Crippen LogP contribution < -0.4 is 0 Å². The second-order valence-corrected chi connectivity index (χ2v) is 2.19. The van der Waals surface area contributed by atoms with Crippen LogP contribution in [0.1, 0.15) is 13.8 Å². The third-order valence-electron chi connectivity index (χ3n) is 1.46. The molecule has 2 nitrogen and oxygen atoms in total. The summed E-state index contributed by atoms with van der Waals surface area (Å²) in [5.41, 5.74) is 0. The molecule has 0 atom stereocenters. The minimum absolute atomic E-state index is 0.255. The highest BCUT2D eigenvalue weighted by Gasteiger charge is 1.95. The Balaban J connectivity index is 3.39. The summed E-state index contributed by atoms with van der Waals surface area (Å²) in [7, 11) is 0. The second kappa shape index (κ2) is 6.78. The molecule has 0 aliphatic rings. The first-order chi connectivity index (χ1) is 4.85. The number of likely N-dealkylation sites (N-methyl/N-ethyl adjacent to an activating group) is 1. The molecule has 0 unspecified atom stereocenters. The van der Waals surface area contributed by atoms with Crippen molar-refractivity contribution in [3.8, 4) is 0 Å². The van der Waals surface area contributed by atoms with Crippen LogP contribution >= 0.6 is 0 Å². The molecule has 0 aliphatic heterocycles. The van der Waals surface area contributed by atoms with Crippen LogP contribution in [0.5, 0.6) is 0 Å². The summed E-state index contributed by atoms with van der Waals surface area (Å²) in [6.07, 6.45) is 4.12. The summed E-state index contributed by atoms with van der Waals surface area (Å²) >= 11 is 0. The van der Waals surface area contributed by atoms with Crippen molar-refractivity contribution in [2.24, 2.45) is 0 Å². The van der Waals surface area contributed by atoms with E-state index in [0.29, 0.717) is 0 Å². The fourth-order valence-electron chi connectivity index (χ4n) is 0.774. The average molecular weight is 143 g/mol. The lowest BCUT2D eigenvalue weighted by Crippen LogP contribution is -2.26. The first-order valence-electron chi connectivity index (χ1n) is 3.79. The van der Waals surface area contributed by atoms with Crippen LogP contribution in [0, 0.1) is 0 Å². The van der Waals surface area contributed by atoms with Crippen molar-refractivity contribution in [3.05, 3.63) is 12.2 Å². The van der Waals surface area contributed by atoms with Gasteiger partial charge >= 0.3 is 0 Å². The van der Waals surface area contributed by atoms with E-state index < -0.39 is 0 Å². The zero-order valence-corrected chi connectivity index (χ0v) is 6.88. The van der Waals surface area contributed by atoms with Gasteiger partial charge in [0, 0.05) is 13.1 Å². The highest BCUT2D eigenvalue weighted by molar-refractivity contribution is 4.80. The summed E-state index contributed by atoms with van der Waals surface area (Å²) < 4.78 is 0. The van der Waals surface area contributed by atoms with Crippen LogP contribution in [0.25, 0.3) is 0 Å². The molecule has 1 N–H and O–H groups in total. The van der Waals surface area contributed by atoms with Crippen LogP contribution in [0.15, 0.2) is 12.2 Å². The van der Waals surface area contributed by atoms with Gasteiger partial charge in [0.25, 0.3) is 0 Å². The Morgan fingerprint density at radius 3 is 2.60 bits per heavy atom. The van der Waals surface area contributed by atoms with Gasteiger partial charge in [0.1, 0.15) is 0 Å². The van der Waals surface area contributed by atoms with Crippen molar-refractivity contribution in [3.63, 3.8) is 0 Å². The maximum Gasteiger partial charge on any atom is 0.0558 e. The molecule has 0 aliphatic carbocycles. The highest BCUT2D eigenvalue weighted by atomic mass is 16.3. The van der Waals surface area contributed by atoms with Crippen molar-refractivity contribution in [2.75, 3.05) is 26.2 Å². The molecule has 2 heteroatoms. The molecular formula is C8H17NO. The Morgan fingerprint density at radius 2 is 2.20 bits per heavy atom. The minimum Gasteiger partial charge on any atom is -0.395 e. The molecule has 0 fully saturated rings. The number of hydrogen-bond acceptors (Lipinski definition) is 2. The summed E-state index contributed by atoms with van der Waals surface area (Å²) in [4.78, 5) is 2.18. The molecule has 0 radical (unpaired) electrons. The molecule has 0 aromatic heterocycles. The summed E-state index contributed by atoms with van der Waals surface area (Å²) in [5.74, 6) is 0. The van der Waals surface area contributed by atoms with Crippen LogP contribution in [0.2, 0.25) is 0 Å². The van der Waals surface area contributed by atoms with E-state index in [1.54, 1.807) is 0 Å². The predicted molar refractivity (Wildman–Crippen MR) is 44.0 cm³/mol. The van der Waals surface area contributed by atoms with Gasteiger partial charge in [-0.25, -0.2) is 0 Å². The van der Waals surface area contributed by atoms with Gasteiger partial charge in [-0.15, -0.1) is 0 Å². The van der Waals surface area contributed by atoms with Gasteiger partial charge in [0.2, 0.25) is 0 Å². The topological polar surface area (TPSA) is 23.5 Å². The molecule has 0 saturated heterocycles.